The van der Waals surface area contributed by atoms with Crippen molar-refractivity contribution in [2.45, 2.75) is 25.0 Å². The summed E-state index contributed by atoms with van der Waals surface area (Å²) in [7, 11) is 0. The van der Waals surface area contributed by atoms with Crippen molar-refractivity contribution in [2.75, 3.05) is 19.6 Å². The molecule has 0 bridgehead atoms. The summed E-state index contributed by atoms with van der Waals surface area (Å²) >= 11 is 1.56. The lowest BCUT2D eigenvalue weighted by Crippen LogP contribution is -2.44. The third-order valence-corrected chi connectivity index (χ3v) is 5.12. The summed E-state index contributed by atoms with van der Waals surface area (Å²) < 4.78 is 13.2. The molecule has 0 saturated carbocycles. The first-order chi connectivity index (χ1) is 11.6. The first-order valence-corrected chi connectivity index (χ1v) is 8.98. The molecule has 2 N–H and O–H groups in total. The highest BCUT2D eigenvalue weighted by Gasteiger charge is 2.22. The fourth-order valence-electron chi connectivity index (χ4n) is 3.01. The van der Waals surface area contributed by atoms with Crippen LogP contribution in [-0.2, 0) is 4.79 Å². The van der Waals surface area contributed by atoms with Crippen molar-refractivity contribution in [3.8, 4) is 0 Å². The predicted molar refractivity (Wildman–Crippen MR) is 92.4 cm³/mol. The van der Waals surface area contributed by atoms with Crippen LogP contribution in [0.5, 0.6) is 0 Å². The van der Waals surface area contributed by atoms with E-state index >= 15 is 0 Å². The molecular formula is C18H21FN2O2S. The molecule has 1 amide bonds. The second-order valence-electron chi connectivity index (χ2n) is 6.10. The third kappa shape index (κ3) is 4.41. The van der Waals surface area contributed by atoms with Gasteiger partial charge in [0.05, 0.1) is 18.7 Å². The number of carbonyl (C=O) groups is 1. The van der Waals surface area contributed by atoms with Gasteiger partial charge >= 0.3 is 0 Å². The molecule has 0 spiro atoms. The van der Waals surface area contributed by atoms with Gasteiger partial charge in [-0.1, -0.05) is 18.2 Å². The number of piperidine rings is 1. The van der Waals surface area contributed by atoms with Crippen LogP contribution >= 0.6 is 11.3 Å². The number of β-amino-alcohol motifs (C(OH)–C–C–N with tert-alkyl or cyclic N) is 1. The fraction of sp³-hybridized carbons (Fsp3) is 0.389. The average molecular weight is 348 g/mol. The van der Waals surface area contributed by atoms with Crippen LogP contribution in [0.1, 0.15) is 29.3 Å². The molecule has 2 atom stereocenters. The van der Waals surface area contributed by atoms with E-state index in [0.29, 0.717) is 6.54 Å². The summed E-state index contributed by atoms with van der Waals surface area (Å²) in [6, 6.07) is 9.82. The van der Waals surface area contributed by atoms with Crippen LogP contribution in [0.3, 0.4) is 0 Å². The first-order valence-electron chi connectivity index (χ1n) is 8.10. The van der Waals surface area contributed by atoms with Crippen molar-refractivity contribution < 1.29 is 14.3 Å². The lowest BCUT2D eigenvalue weighted by atomic mass is 10.0. The van der Waals surface area contributed by atoms with Gasteiger partial charge in [0.1, 0.15) is 5.82 Å². The van der Waals surface area contributed by atoms with Crippen LogP contribution in [0.4, 0.5) is 4.39 Å². The fourth-order valence-corrected chi connectivity index (χ4v) is 3.82. The first kappa shape index (κ1) is 17.1. The Bertz CT molecular complexity index is 660. The number of hydrogen-bond acceptors (Lipinski definition) is 4. The molecule has 2 aromatic rings. The number of rotatable bonds is 5. The Morgan fingerprint density at radius 1 is 1.38 bits per heavy atom. The number of aliphatic hydroxyl groups is 1. The average Bonchev–Trinajstić information content (AvgIpc) is 3.08. The summed E-state index contributed by atoms with van der Waals surface area (Å²) in [6.45, 7) is 1.62. The smallest absolute Gasteiger partial charge is 0.234 e. The van der Waals surface area contributed by atoms with Gasteiger partial charge in [-0.25, -0.2) is 4.39 Å². The van der Waals surface area contributed by atoms with Crippen LogP contribution in [0.15, 0.2) is 41.8 Å². The number of carbonyl (C=O) groups excluding carboxylic acids is 1. The standard InChI is InChI=1S/C18H21FN2O2S/c19-14-7-5-13(6-8-14)18(16-4-2-10-24-16)20-17(23)12-21-9-1-3-15(22)11-21/h2,4-8,10,15,18,22H,1,3,9,11-12H2,(H,20,23)/t15-,18-/m1/s1. The molecule has 24 heavy (non-hydrogen) atoms. The largest absolute Gasteiger partial charge is 0.392 e. The minimum atomic E-state index is -0.350. The lowest BCUT2D eigenvalue weighted by molar-refractivity contribution is -0.123. The van der Waals surface area contributed by atoms with E-state index in [4.69, 9.17) is 0 Å². The van der Waals surface area contributed by atoms with E-state index in [9.17, 15) is 14.3 Å². The van der Waals surface area contributed by atoms with Gasteiger partial charge in [0, 0.05) is 11.4 Å². The van der Waals surface area contributed by atoms with Crippen LogP contribution in [0, 0.1) is 5.82 Å². The summed E-state index contributed by atoms with van der Waals surface area (Å²) in [5.41, 5.74) is 0.853. The molecule has 3 rings (SSSR count). The van der Waals surface area contributed by atoms with Gasteiger partial charge < -0.3 is 10.4 Å². The number of aliphatic hydroxyl groups excluding tert-OH is 1. The van der Waals surface area contributed by atoms with Crippen LogP contribution in [-0.4, -0.2) is 41.7 Å². The number of nitrogens with zero attached hydrogens (tertiary/aromatic N) is 1. The van der Waals surface area contributed by atoms with Gasteiger partial charge in [0.25, 0.3) is 0 Å². The summed E-state index contributed by atoms with van der Waals surface area (Å²) in [5, 5.41) is 14.7. The van der Waals surface area contributed by atoms with E-state index in [2.05, 4.69) is 5.32 Å². The molecule has 4 nitrogen and oxygen atoms in total. The number of amides is 1. The summed E-state index contributed by atoms with van der Waals surface area (Å²) in [5.74, 6) is -0.385. The molecule has 128 valence electrons. The minimum Gasteiger partial charge on any atom is -0.392 e. The maximum atomic E-state index is 13.2. The van der Waals surface area contributed by atoms with E-state index in [1.807, 2.05) is 22.4 Å². The van der Waals surface area contributed by atoms with E-state index in [0.717, 1.165) is 29.8 Å². The molecule has 1 aliphatic heterocycles. The lowest BCUT2D eigenvalue weighted by Gasteiger charge is -2.30. The SMILES string of the molecule is O=C(CN1CCC[C@@H](O)C1)N[C@H](c1ccc(F)cc1)c1cccs1. The zero-order valence-electron chi connectivity index (χ0n) is 13.3. The van der Waals surface area contributed by atoms with Crippen molar-refractivity contribution in [1.29, 1.82) is 0 Å². The van der Waals surface area contributed by atoms with Gasteiger partial charge in [-0.15, -0.1) is 11.3 Å². The normalized spacial score (nSPS) is 19.8. The Hall–Kier alpha value is -1.76. The maximum absolute atomic E-state index is 13.2. The van der Waals surface area contributed by atoms with Crippen LogP contribution in [0.25, 0.3) is 0 Å². The van der Waals surface area contributed by atoms with E-state index in [1.165, 1.54) is 12.1 Å². The molecule has 2 heterocycles. The molecule has 1 aliphatic rings. The molecule has 1 aromatic heterocycles. The van der Waals surface area contributed by atoms with E-state index in [-0.39, 0.29) is 30.4 Å². The second kappa shape index (κ2) is 7.88. The molecule has 1 saturated heterocycles. The molecule has 1 fully saturated rings. The van der Waals surface area contributed by atoms with Crippen molar-refractivity contribution in [2.24, 2.45) is 0 Å². The van der Waals surface area contributed by atoms with Gasteiger partial charge in [0.15, 0.2) is 0 Å². The zero-order valence-corrected chi connectivity index (χ0v) is 14.1. The minimum absolute atomic E-state index is 0.0909. The number of hydrogen-bond donors (Lipinski definition) is 2. The highest BCUT2D eigenvalue weighted by Crippen LogP contribution is 2.26. The molecular weight excluding hydrogens is 327 g/mol. The summed E-state index contributed by atoms with van der Waals surface area (Å²) in [4.78, 5) is 15.4. The Kier molecular flexibility index (Phi) is 5.60. The Balaban J connectivity index is 1.70. The van der Waals surface area contributed by atoms with Gasteiger partial charge in [-0.3, -0.25) is 9.69 Å². The molecule has 0 aliphatic carbocycles. The third-order valence-electron chi connectivity index (χ3n) is 4.18. The number of thiophene rings is 1. The maximum Gasteiger partial charge on any atom is 0.234 e. The number of nitrogens with one attached hydrogen (secondary N) is 1. The second-order valence-corrected chi connectivity index (χ2v) is 7.08. The molecule has 1 aromatic carbocycles. The highest BCUT2D eigenvalue weighted by atomic mass is 32.1. The Morgan fingerprint density at radius 2 is 2.17 bits per heavy atom. The van der Waals surface area contributed by atoms with E-state index < -0.39 is 0 Å². The molecule has 0 unspecified atom stereocenters. The van der Waals surface area contributed by atoms with Crippen molar-refractivity contribution in [3.63, 3.8) is 0 Å². The number of halogens is 1. The van der Waals surface area contributed by atoms with Gasteiger partial charge in [0.2, 0.25) is 5.91 Å². The number of likely N-dealkylation sites (tertiary alicyclic amines) is 1. The number of benzene rings is 1. The van der Waals surface area contributed by atoms with Crippen molar-refractivity contribution >= 4 is 17.2 Å². The summed E-state index contributed by atoms with van der Waals surface area (Å²) in [6.07, 6.45) is 1.35. The van der Waals surface area contributed by atoms with Gasteiger partial charge in [-0.05, 0) is 48.5 Å². The topological polar surface area (TPSA) is 52.6 Å². The molecule has 6 heteroatoms. The predicted octanol–water partition coefficient (Wildman–Crippen LogP) is 2.55. The van der Waals surface area contributed by atoms with Crippen molar-refractivity contribution in [3.05, 3.63) is 58.0 Å². The van der Waals surface area contributed by atoms with Crippen LogP contribution < -0.4 is 5.32 Å². The highest BCUT2D eigenvalue weighted by molar-refractivity contribution is 7.10. The molecule has 0 radical (unpaired) electrons. The van der Waals surface area contributed by atoms with E-state index in [1.54, 1.807) is 23.5 Å². The monoisotopic (exact) mass is 348 g/mol. The zero-order chi connectivity index (χ0) is 16.9. The van der Waals surface area contributed by atoms with Crippen LogP contribution in [0.2, 0.25) is 0 Å². The van der Waals surface area contributed by atoms with Crippen molar-refractivity contribution in [1.82, 2.24) is 10.2 Å². The van der Waals surface area contributed by atoms with Gasteiger partial charge in [-0.2, -0.15) is 0 Å². The Labute approximate surface area is 144 Å². The quantitative estimate of drug-likeness (QED) is 0.873. The Morgan fingerprint density at radius 3 is 2.83 bits per heavy atom.